The van der Waals surface area contributed by atoms with Gasteiger partial charge in [0.2, 0.25) is 0 Å². The largest absolute Gasteiger partial charge is 0.497 e. The average Bonchev–Trinajstić information content (AvgIpc) is 2.93. The van der Waals surface area contributed by atoms with Gasteiger partial charge in [-0.25, -0.2) is 15.0 Å². The number of nitrogens with zero attached hydrogens (tertiary/aromatic N) is 5. The van der Waals surface area contributed by atoms with Gasteiger partial charge in [0.05, 0.1) is 50.8 Å². The van der Waals surface area contributed by atoms with Crippen molar-refractivity contribution in [1.29, 1.82) is 0 Å². The van der Waals surface area contributed by atoms with Crippen molar-refractivity contribution in [1.82, 2.24) is 25.3 Å². The second-order valence-corrected chi connectivity index (χ2v) is 8.25. The van der Waals surface area contributed by atoms with Crippen LogP contribution in [0, 0.1) is 0 Å². The molecule has 0 atom stereocenters. The number of rotatable bonds is 11. The van der Waals surface area contributed by atoms with Crippen LogP contribution in [0.2, 0.25) is 0 Å². The topological polar surface area (TPSA) is 94.5 Å². The molecule has 0 aliphatic rings. The average molecular weight is 529 g/mol. The minimum Gasteiger partial charge on any atom is -0.497 e. The second-order valence-electron chi connectivity index (χ2n) is 8.25. The third-order valence-corrected chi connectivity index (χ3v) is 5.65. The van der Waals surface area contributed by atoms with Crippen molar-refractivity contribution < 1.29 is 27.4 Å². The highest BCUT2D eigenvalue weighted by Crippen LogP contribution is 2.34. The molecule has 2 heterocycles. The van der Waals surface area contributed by atoms with Crippen LogP contribution < -0.4 is 24.4 Å². The summed E-state index contributed by atoms with van der Waals surface area (Å²) in [7, 11) is 4.60. The quantitative estimate of drug-likeness (QED) is 0.276. The highest BCUT2D eigenvalue weighted by molar-refractivity contribution is 5.82. The van der Waals surface area contributed by atoms with Crippen molar-refractivity contribution in [3.63, 3.8) is 0 Å². The lowest BCUT2D eigenvalue weighted by Gasteiger charge is -2.26. The van der Waals surface area contributed by atoms with Crippen molar-refractivity contribution in [3.8, 4) is 28.8 Å². The van der Waals surface area contributed by atoms with Gasteiger partial charge in [0, 0.05) is 54.1 Å². The summed E-state index contributed by atoms with van der Waals surface area (Å²) in [5.74, 6) is 1.17. The lowest BCUT2D eigenvalue weighted by molar-refractivity contribution is -0.124. The summed E-state index contributed by atoms with van der Waals surface area (Å²) in [5, 5.41) is 2.45. The van der Waals surface area contributed by atoms with Crippen molar-refractivity contribution in [2.24, 2.45) is 0 Å². The molecule has 9 nitrogen and oxygen atoms in total. The van der Waals surface area contributed by atoms with Gasteiger partial charge < -0.3 is 24.4 Å². The maximum Gasteiger partial charge on any atom is 0.401 e. The maximum atomic E-state index is 12.6. The summed E-state index contributed by atoms with van der Waals surface area (Å²) < 4.78 is 53.5. The Kier molecular flexibility index (Phi) is 8.41. The molecule has 4 aromatic rings. The van der Waals surface area contributed by atoms with Crippen LogP contribution in [0.1, 0.15) is 6.42 Å². The van der Waals surface area contributed by atoms with Crippen LogP contribution in [0.4, 0.5) is 24.5 Å². The van der Waals surface area contributed by atoms with Gasteiger partial charge in [-0.1, -0.05) is 0 Å². The molecule has 12 heteroatoms. The van der Waals surface area contributed by atoms with Gasteiger partial charge in [-0.2, -0.15) is 13.2 Å². The van der Waals surface area contributed by atoms with Crippen LogP contribution in [0.3, 0.4) is 0 Å². The van der Waals surface area contributed by atoms with Crippen molar-refractivity contribution in [2.45, 2.75) is 12.6 Å². The first-order valence-electron chi connectivity index (χ1n) is 11.7. The molecular formula is C26H27F3N6O3. The Morgan fingerprint density at radius 3 is 2.16 bits per heavy atom. The van der Waals surface area contributed by atoms with E-state index in [9.17, 15) is 13.2 Å². The van der Waals surface area contributed by atoms with E-state index in [1.165, 1.54) is 7.11 Å². The predicted molar refractivity (Wildman–Crippen MR) is 137 cm³/mol. The highest BCUT2D eigenvalue weighted by Gasteiger charge is 2.26. The number of alkyl halides is 3. The Morgan fingerprint density at radius 2 is 1.53 bits per heavy atom. The zero-order chi connectivity index (χ0) is 27.1. The molecule has 0 bridgehead atoms. The number of methoxy groups -OCH3 is 3. The summed E-state index contributed by atoms with van der Waals surface area (Å²) >= 11 is 0. The van der Waals surface area contributed by atoms with Gasteiger partial charge in [0.25, 0.3) is 0 Å². The van der Waals surface area contributed by atoms with E-state index in [0.717, 1.165) is 11.4 Å². The Labute approximate surface area is 217 Å². The fourth-order valence-electron chi connectivity index (χ4n) is 3.81. The van der Waals surface area contributed by atoms with E-state index in [-0.39, 0.29) is 12.6 Å². The van der Waals surface area contributed by atoms with Gasteiger partial charge in [0.1, 0.15) is 11.5 Å². The van der Waals surface area contributed by atoms with Crippen molar-refractivity contribution in [2.75, 3.05) is 45.9 Å². The third kappa shape index (κ3) is 6.76. The first kappa shape index (κ1) is 26.9. The molecule has 2 aromatic carbocycles. The SMILES string of the molecule is COc1cc(OC)cc(N(CCCNCC(F)(F)F)c2ccc3ncc(-c4cnc(OC)nc4)nc3c2)c1. The first-order chi connectivity index (χ1) is 18.3. The van der Waals surface area contributed by atoms with E-state index in [1.54, 1.807) is 38.9 Å². The summed E-state index contributed by atoms with van der Waals surface area (Å²) in [4.78, 5) is 19.5. The molecule has 200 valence electrons. The Morgan fingerprint density at radius 1 is 0.816 bits per heavy atom. The first-order valence-corrected chi connectivity index (χ1v) is 11.7. The van der Waals surface area contributed by atoms with Crippen molar-refractivity contribution >= 4 is 22.4 Å². The molecule has 0 amide bonds. The highest BCUT2D eigenvalue weighted by atomic mass is 19.4. The fourth-order valence-corrected chi connectivity index (χ4v) is 3.81. The van der Waals surface area contributed by atoms with Gasteiger partial charge in [-0.3, -0.25) is 4.98 Å². The van der Waals surface area contributed by atoms with E-state index in [2.05, 4.69) is 20.3 Å². The smallest absolute Gasteiger partial charge is 0.401 e. The molecule has 0 spiro atoms. The molecule has 4 rings (SSSR count). The summed E-state index contributed by atoms with van der Waals surface area (Å²) in [6, 6.07) is 11.3. The molecular weight excluding hydrogens is 501 g/mol. The standard InChI is InChI=1S/C26H27F3N6O3/c1-36-20-9-19(10-21(12-20)37-2)35(8-4-7-30-16-26(27,28)29)18-5-6-22-23(11-18)34-24(15-31-22)17-13-32-25(38-3)33-14-17/h5-6,9-15,30H,4,7-8,16H2,1-3H3. The second kappa shape index (κ2) is 11.9. The Balaban J connectivity index is 1.67. The number of anilines is 2. The number of ether oxygens (including phenoxy) is 3. The van der Waals surface area contributed by atoms with E-state index in [0.29, 0.717) is 46.8 Å². The van der Waals surface area contributed by atoms with E-state index in [1.807, 2.05) is 35.2 Å². The molecule has 0 fully saturated rings. The number of hydrogen-bond donors (Lipinski definition) is 1. The van der Waals surface area contributed by atoms with Gasteiger partial charge in [-0.05, 0) is 31.2 Å². The van der Waals surface area contributed by atoms with Crippen LogP contribution in [-0.4, -0.2) is 67.1 Å². The number of hydrogen-bond acceptors (Lipinski definition) is 9. The molecule has 1 N–H and O–H groups in total. The lowest BCUT2D eigenvalue weighted by Crippen LogP contribution is -2.31. The molecule has 0 unspecified atom stereocenters. The molecule has 2 aromatic heterocycles. The molecule has 0 aliphatic carbocycles. The van der Waals surface area contributed by atoms with E-state index >= 15 is 0 Å². The minimum atomic E-state index is -4.26. The van der Waals surface area contributed by atoms with E-state index in [4.69, 9.17) is 19.2 Å². The predicted octanol–water partition coefficient (Wildman–Crippen LogP) is 4.79. The fraction of sp³-hybridized carbons (Fsp3) is 0.308. The number of fused-ring (bicyclic) bond motifs is 1. The Bertz CT molecular complexity index is 1350. The summed E-state index contributed by atoms with van der Waals surface area (Å²) in [6.45, 7) is -0.429. The van der Waals surface area contributed by atoms with Crippen LogP contribution >= 0.6 is 0 Å². The molecule has 0 saturated heterocycles. The summed E-state index contributed by atoms with van der Waals surface area (Å²) in [6.07, 6.45) is 1.04. The zero-order valence-electron chi connectivity index (χ0n) is 21.1. The van der Waals surface area contributed by atoms with Gasteiger partial charge >= 0.3 is 12.2 Å². The zero-order valence-corrected chi connectivity index (χ0v) is 21.1. The molecule has 0 saturated carbocycles. The molecule has 38 heavy (non-hydrogen) atoms. The van der Waals surface area contributed by atoms with Crippen LogP contribution in [0.5, 0.6) is 17.5 Å². The Hall–Kier alpha value is -4.19. The minimum absolute atomic E-state index is 0.187. The number of benzene rings is 2. The van der Waals surface area contributed by atoms with Gasteiger partial charge in [-0.15, -0.1) is 0 Å². The third-order valence-electron chi connectivity index (χ3n) is 5.65. The monoisotopic (exact) mass is 528 g/mol. The van der Waals surface area contributed by atoms with Crippen LogP contribution in [-0.2, 0) is 0 Å². The van der Waals surface area contributed by atoms with Crippen LogP contribution in [0.25, 0.3) is 22.3 Å². The van der Waals surface area contributed by atoms with Crippen LogP contribution in [0.15, 0.2) is 55.0 Å². The summed E-state index contributed by atoms with van der Waals surface area (Å²) in [5.41, 5.74) is 4.11. The van der Waals surface area contributed by atoms with E-state index < -0.39 is 12.7 Å². The normalized spacial score (nSPS) is 11.4. The molecule has 0 aliphatic heterocycles. The number of halogens is 3. The number of nitrogens with one attached hydrogen (secondary N) is 1. The lowest BCUT2D eigenvalue weighted by atomic mass is 10.1. The van der Waals surface area contributed by atoms with Crippen molar-refractivity contribution in [3.05, 3.63) is 55.0 Å². The maximum absolute atomic E-state index is 12.6. The van der Waals surface area contributed by atoms with Gasteiger partial charge in [0.15, 0.2) is 0 Å². The molecule has 0 radical (unpaired) electrons. The number of aromatic nitrogens is 4.